The second kappa shape index (κ2) is 47.4. The number of thioether (sulfide) groups is 1. The van der Waals surface area contributed by atoms with Gasteiger partial charge in [0, 0.05) is 61.9 Å². The molecule has 42 nitrogen and oxygen atoms in total. The Kier molecular flexibility index (Phi) is 39.3. The van der Waals surface area contributed by atoms with Gasteiger partial charge in [-0.15, -0.1) is 0 Å². The first-order valence-corrected chi connectivity index (χ1v) is 38.5. The van der Waals surface area contributed by atoms with Crippen LogP contribution in [0.2, 0.25) is 0 Å². The molecular formula is C71H109N23O19S. The highest BCUT2D eigenvalue weighted by atomic mass is 32.2. The van der Waals surface area contributed by atoms with E-state index < -0.39 is 223 Å². The SMILES string of the molecule is CSCC[C@H](NC(=O)[C@H](CC(C)C)NC(=O)[C@H](Cc1c[nH]cn1)NC(=O)CNC(=O)[C@@H](NC(=O)[C@H](C)NC(=O)[C@H](Cc1c[nH]c2ccccc12)NC(=O)[C@H](CCC(N)=O)NC(=O)[C@H](CC(N)=O)NC(=O)CNC(=O)[C@H](CC(C)C)NC(=O)[C@H](CCCNC(=N)N)NC(=O)[C@H](CCC(N)=O)NC(=O)[C@@H]1CCC(=O)N1)C(C)C)C(=O)O. The fraction of sp³-hybridized carbons (Fsp3) is 0.577. The van der Waals surface area contributed by atoms with Crippen LogP contribution in [-0.4, -0.2) is 237 Å². The van der Waals surface area contributed by atoms with Crippen molar-refractivity contribution in [1.82, 2.24) is 94.7 Å². The van der Waals surface area contributed by atoms with E-state index in [1.54, 1.807) is 78.3 Å². The van der Waals surface area contributed by atoms with E-state index >= 15 is 0 Å². The van der Waals surface area contributed by atoms with Crippen molar-refractivity contribution in [1.29, 1.82) is 5.41 Å². The summed E-state index contributed by atoms with van der Waals surface area (Å²) in [6.07, 6.45) is 3.12. The third-order valence-corrected chi connectivity index (χ3v) is 18.4. The van der Waals surface area contributed by atoms with Crippen molar-refractivity contribution in [3.8, 4) is 0 Å². The molecule has 2 aromatic heterocycles. The first-order chi connectivity index (χ1) is 53.7. The van der Waals surface area contributed by atoms with Crippen LogP contribution in [0.25, 0.3) is 10.9 Å². The Morgan fingerprint density at radius 3 is 1.57 bits per heavy atom. The topological polar surface area (TPSA) is 680 Å². The minimum atomic E-state index is -1.90. The number of rotatable bonds is 51. The molecule has 1 aromatic carbocycles. The number of hydrogen-bond donors (Lipinski definition) is 23. The van der Waals surface area contributed by atoms with Gasteiger partial charge in [0.25, 0.3) is 0 Å². The quantitative estimate of drug-likeness (QED) is 0.0142. The third-order valence-electron chi connectivity index (χ3n) is 17.7. The fourth-order valence-electron chi connectivity index (χ4n) is 11.7. The zero-order valence-electron chi connectivity index (χ0n) is 64.9. The first-order valence-electron chi connectivity index (χ1n) is 37.1. The van der Waals surface area contributed by atoms with E-state index in [9.17, 15) is 91.4 Å². The number of para-hydroxylation sites is 1. The summed E-state index contributed by atoms with van der Waals surface area (Å²) in [5, 5.41) is 55.2. The average molecular weight is 1620 g/mol. The molecule has 0 unspecified atom stereocenters. The molecule has 1 fully saturated rings. The van der Waals surface area contributed by atoms with Gasteiger partial charge < -0.3 is 118 Å². The summed E-state index contributed by atoms with van der Waals surface area (Å²) >= 11 is 1.38. The van der Waals surface area contributed by atoms with Gasteiger partial charge in [0.15, 0.2) is 5.96 Å². The van der Waals surface area contributed by atoms with Crippen LogP contribution >= 0.6 is 11.8 Å². The highest BCUT2D eigenvalue weighted by Gasteiger charge is 2.38. The molecule has 12 atom stereocenters. The largest absolute Gasteiger partial charge is 0.480 e. The molecule has 1 aliphatic rings. The summed E-state index contributed by atoms with van der Waals surface area (Å²) in [7, 11) is 0. The van der Waals surface area contributed by atoms with Gasteiger partial charge in [0.1, 0.15) is 72.5 Å². The van der Waals surface area contributed by atoms with Crippen molar-refractivity contribution in [2.45, 2.75) is 211 Å². The number of nitrogens with two attached hydrogens (primary N) is 4. The van der Waals surface area contributed by atoms with Crippen LogP contribution in [0.15, 0.2) is 43.0 Å². The molecule has 1 saturated heterocycles. The van der Waals surface area contributed by atoms with Crippen LogP contribution in [0, 0.1) is 23.2 Å². The molecule has 27 N–H and O–H groups in total. The molecule has 3 aromatic rings. The number of amides is 17. The summed E-state index contributed by atoms with van der Waals surface area (Å²) in [4.78, 5) is 252. The zero-order chi connectivity index (χ0) is 85.1. The molecule has 114 heavy (non-hydrogen) atoms. The van der Waals surface area contributed by atoms with Crippen LogP contribution in [0.3, 0.4) is 0 Å². The number of aromatic nitrogens is 3. The third kappa shape index (κ3) is 33.5. The smallest absolute Gasteiger partial charge is 0.326 e. The highest BCUT2D eigenvalue weighted by Crippen LogP contribution is 2.21. The predicted octanol–water partition coefficient (Wildman–Crippen LogP) is -6.20. The van der Waals surface area contributed by atoms with E-state index in [0.29, 0.717) is 27.9 Å². The number of benzene rings is 1. The van der Waals surface area contributed by atoms with Crippen molar-refractivity contribution < 1.29 is 91.4 Å². The van der Waals surface area contributed by atoms with E-state index in [-0.39, 0.29) is 89.0 Å². The number of carboxylic acid groups (broad SMARTS) is 1. The predicted molar refractivity (Wildman–Crippen MR) is 413 cm³/mol. The standard InChI is InChI=1S/C71H109N23O19S/c1-34(2)24-47(91-61(103)42(14-11-22-78-71(75)76)87-63(105)44(15-18-52(72)95)88-62(104)43-17-20-55(98)84-43)60(102)80-31-56(99)86-51(28-54(74)97)68(110)89-45(16-19-53(73)96)64(106)93-49(26-38-29-79-41-13-10-9-12-40(38)41)65(107)83-37(7)59(101)94-58(36(5)6)69(111)81-32-57(100)85-50(27-39-30-77-33-82-39)67(109)92-48(25-35(3)4)66(108)90-46(70(112)113)21-23-114-8/h9-10,12-13,29-30,33-37,42-51,58,79H,11,14-28,31-32H2,1-8H3,(H2,72,95)(H2,73,96)(H2,74,97)(H,77,82)(H,80,102)(H,81,111)(H,83,107)(H,84,98)(H,85,100)(H,86,99)(H,87,105)(H,88,104)(H,89,110)(H,90,108)(H,91,103)(H,92,109)(H,93,106)(H,94,101)(H,112,113)(H4,75,76,78)/t37-,42-,43-,44-,45-,46-,47-,48-,49-,50-,51-,58-/m0/s1. The molecule has 0 aliphatic carbocycles. The molecule has 17 amide bonds. The molecule has 4 rings (SSSR count). The second-order valence-electron chi connectivity index (χ2n) is 28.6. The summed E-state index contributed by atoms with van der Waals surface area (Å²) in [6, 6.07) is -10.5. The molecule has 0 radical (unpaired) electrons. The molecule has 43 heteroatoms. The summed E-state index contributed by atoms with van der Waals surface area (Å²) in [5.41, 5.74) is 23.2. The second-order valence-corrected chi connectivity index (χ2v) is 29.6. The Morgan fingerprint density at radius 2 is 1.04 bits per heavy atom. The maximum Gasteiger partial charge on any atom is 0.326 e. The fourth-order valence-corrected chi connectivity index (χ4v) is 12.2. The minimum absolute atomic E-state index is 0.0368. The van der Waals surface area contributed by atoms with Crippen LogP contribution in [-0.2, 0) is 99.1 Å². The summed E-state index contributed by atoms with van der Waals surface area (Å²) in [6.45, 7) is 9.73. The Hall–Kier alpha value is -11.9. The van der Waals surface area contributed by atoms with Crippen LogP contribution in [0.4, 0.5) is 0 Å². The van der Waals surface area contributed by atoms with Gasteiger partial charge >= 0.3 is 5.97 Å². The van der Waals surface area contributed by atoms with Gasteiger partial charge in [-0.05, 0) is 99.7 Å². The normalized spacial score (nSPS) is 15.3. The molecule has 628 valence electrons. The van der Waals surface area contributed by atoms with Gasteiger partial charge in [-0.3, -0.25) is 86.9 Å². The average Bonchev–Trinajstić information content (AvgIpc) is 1.64. The Morgan fingerprint density at radius 1 is 0.544 bits per heavy atom. The van der Waals surface area contributed by atoms with E-state index in [0.717, 1.165) is 0 Å². The Balaban J connectivity index is 1.51. The molecule has 0 saturated carbocycles. The first kappa shape index (κ1) is 94.4. The van der Waals surface area contributed by atoms with Crippen LogP contribution < -0.4 is 103 Å². The number of hydrogen-bond acceptors (Lipinski definition) is 21. The number of nitrogens with zero attached hydrogens (tertiary/aromatic N) is 1. The van der Waals surface area contributed by atoms with Crippen molar-refractivity contribution in [3.63, 3.8) is 0 Å². The summed E-state index contributed by atoms with van der Waals surface area (Å²) < 4.78 is 0. The molecule has 0 spiro atoms. The number of carbonyl (C=O) groups is 18. The number of aromatic amines is 2. The van der Waals surface area contributed by atoms with E-state index in [1.807, 2.05) is 0 Å². The van der Waals surface area contributed by atoms with Crippen molar-refractivity contribution in [3.05, 3.63) is 54.2 Å². The van der Waals surface area contributed by atoms with E-state index in [1.165, 1.54) is 31.2 Å². The summed E-state index contributed by atoms with van der Waals surface area (Å²) in [5.74, 6) is -18.1. The van der Waals surface area contributed by atoms with Crippen molar-refractivity contribution in [2.75, 3.05) is 31.6 Å². The maximum absolute atomic E-state index is 14.6. The Bertz CT molecular complexity index is 3910. The number of fused-ring (bicyclic) bond motifs is 1. The highest BCUT2D eigenvalue weighted by molar-refractivity contribution is 7.98. The van der Waals surface area contributed by atoms with Gasteiger partial charge in [-0.1, -0.05) is 59.7 Å². The molecule has 0 bridgehead atoms. The zero-order valence-corrected chi connectivity index (χ0v) is 65.7. The molecule has 3 heterocycles. The number of aliphatic carboxylic acids is 1. The van der Waals surface area contributed by atoms with Gasteiger partial charge in [0.05, 0.1) is 31.5 Å². The number of nitrogens with one attached hydrogen (secondary N) is 18. The monoisotopic (exact) mass is 1620 g/mol. The number of carbonyl (C=O) groups excluding carboxylic acids is 17. The number of carboxylic acids is 1. The van der Waals surface area contributed by atoms with Gasteiger partial charge in [-0.25, -0.2) is 9.78 Å². The lowest BCUT2D eigenvalue weighted by Gasteiger charge is -2.27. The van der Waals surface area contributed by atoms with Crippen molar-refractivity contribution in [2.24, 2.45) is 40.7 Å². The minimum Gasteiger partial charge on any atom is -0.480 e. The van der Waals surface area contributed by atoms with Crippen LogP contribution in [0.5, 0.6) is 0 Å². The van der Waals surface area contributed by atoms with E-state index in [4.69, 9.17) is 28.3 Å². The lowest BCUT2D eigenvalue weighted by molar-refractivity contribution is -0.142. The van der Waals surface area contributed by atoms with Crippen LogP contribution in [0.1, 0.15) is 137 Å². The van der Waals surface area contributed by atoms with Crippen molar-refractivity contribution >= 4 is 135 Å². The molecular weight excluding hydrogens is 1510 g/mol. The van der Waals surface area contributed by atoms with Gasteiger partial charge in [-0.2, -0.15) is 11.8 Å². The lowest BCUT2D eigenvalue weighted by atomic mass is 10.0. The number of primary amides is 3. The molecule has 1 aliphatic heterocycles. The van der Waals surface area contributed by atoms with E-state index in [2.05, 4.69) is 94.7 Å². The number of guanidine groups is 1. The van der Waals surface area contributed by atoms with Gasteiger partial charge in [0.2, 0.25) is 100 Å². The number of imidazole rings is 1. The number of H-pyrrole nitrogens is 2. The maximum atomic E-state index is 14.6. The Labute approximate surface area is 661 Å². The lowest BCUT2D eigenvalue weighted by Crippen LogP contribution is -2.60.